The van der Waals surface area contributed by atoms with E-state index in [0.717, 1.165) is 30.4 Å². The zero-order valence-corrected chi connectivity index (χ0v) is 26.4. The van der Waals surface area contributed by atoms with E-state index in [9.17, 15) is 0 Å². The summed E-state index contributed by atoms with van der Waals surface area (Å²) in [7, 11) is 8.83. The minimum Gasteiger partial charge on any atom is -0.306 e. The molecule has 0 N–H and O–H groups in total. The van der Waals surface area contributed by atoms with Gasteiger partial charge in [0, 0.05) is 23.6 Å². The molecule has 0 amide bonds. The van der Waals surface area contributed by atoms with Crippen LogP contribution in [0.15, 0.2) is 115 Å². The highest BCUT2D eigenvalue weighted by molar-refractivity contribution is 6.43. The molecule has 2 unspecified atom stereocenters. The second kappa shape index (κ2) is 13.9. The molecule has 0 heterocycles. The molecular weight excluding hydrogens is 555 g/mol. The zero-order valence-electron chi connectivity index (χ0n) is 24.9. The summed E-state index contributed by atoms with van der Waals surface area (Å²) >= 11 is 12.8. The first-order valence-electron chi connectivity index (χ1n) is 14.6. The van der Waals surface area contributed by atoms with Crippen molar-refractivity contribution in [2.75, 3.05) is 28.2 Å². The summed E-state index contributed by atoms with van der Waals surface area (Å²) in [5.74, 6) is 1.47. The maximum atomic E-state index is 6.54. The molecular formula is C38H39Cl2N2. The lowest BCUT2D eigenvalue weighted by molar-refractivity contribution is 0.247. The summed E-state index contributed by atoms with van der Waals surface area (Å²) in [5, 5.41) is 3.76. The molecule has 4 heteroatoms. The molecule has 0 saturated carbocycles. The Morgan fingerprint density at radius 1 is 0.619 bits per heavy atom. The van der Waals surface area contributed by atoms with Crippen LogP contribution in [-0.4, -0.2) is 50.1 Å². The topological polar surface area (TPSA) is 6.48 Å². The Balaban J connectivity index is 1.51. The van der Waals surface area contributed by atoms with Gasteiger partial charge in [-0.2, -0.15) is 0 Å². The third-order valence-corrected chi connectivity index (χ3v) is 9.13. The van der Waals surface area contributed by atoms with Gasteiger partial charge in [0.25, 0.3) is 0 Å². The van der Waals surface area contributed by atoms with E-state index >= 15 is 0 Å². The van der Waals surface area contributed by atoms with Gasteiger partial charge in [-0.1, -0.05) is 132 Å². The monoisotopic (exact) mass is 593 g/mol. The fourth-order valence-electron chi connectivity index (χ4n) is 5.90. The number of benzene rings is 5. The second-order valence-corrected chi connectivity index (χ2v) is 12.3. The smallest absolute Gasteiger partial charge is 0.0670 e. The number of hydrogen-bond acceptors (Lipinski definition) is 2. The van der Waals surface area contributed by atoms with Crippen LogP contribution in [0, 0.1) is 5.92 Å². The molecule has 42 heavy (non-hydrogen) atoms. The fraction of sp³-hybridized carbons (Fsp3) is 0.237. The fourth-order valence-corrected chi connectivity index (χ4v) is 6.31. The van der Waals surface area contributed by atoms with E-state index in [2.05, 4.69) is 135 Å². The maximum absolute atomic E-state index is 6.54. The molecule has 5 rings (SSSR count). The summed E-state index contributed by atoms with van der Waals surface area (Å²) in [4.78, 5) is 4.77. The van der Waals surface area contributed by atoms with Gasteiger partial charge >= 0.3 is 0 Å². The predicted molar refractivity (Wildman–Crippen MR) is 182 cm³/mol. The normalized spacial score (nSPS) is 13.3. The van der Waals surface area contributed by atoms with E-state index in [4.69, 9.17) is 23.2 Å². The number of nitrogens with zero attached hydrogens (tertiary/aromatic N) is 2. The number of fused-ring (bicyclic) bond motifs is 1. The van der Waals surface area contributed by atoms with Crippen LogP contribution < -0.4 is 0 Å². The van der Waals surface area contributed by atoms with Crippen molar-refractivity contribution in [1.82, 2.24) is 9.80 Å². The molecule has 5 aromatic carbocycles. The molecule has 0 saturated heterocycles. The average molecular weight is 595 g/mol. The van der Waals surface area contributed by atoms with Gasteiger partial charge in [0.1, 0.15) is 0 Å². The van der Waals surface area contributed by atoms with Crippen molar-refractivity contribution < 1.29 is 0 Å². The Hall–Kier alpha value is -3.14. The van der Waals surface area contributed by atoms with Crippen molar-refractivity contribution in [3.8, 4) is 11.1 Å². The molecule has 0 aliphatic carbocycles. The number of hydrogen-bond donors (Lipinski definition) is 0. The van der Waals surface area contributed by atoms with Crippen LogP contribution in [0.4, 0.5) is 0 Å². The first kappa shape index (κ1) is 30.3. The Bertz CT molecular complexity index is 1590. The summed E-state index contributed by atoms with van der Waals surface area (Å²) < 4.78 is 0. The van der Waals surface area contributed by atoms with E-state index in [1.807, 2.05) is 18.2 Å². The summed E-state index contributed by atoms with van der Waals surface area (Å²) in [6.07, 6.45) is 2.87. The first-order chi connectivity index (χ1) is 20.3. The van der Waals surface area contributed by atoms with E-state index in [1.54, 1.807) is 0 Å². The van der Waals surface area contributed by atoms with Crippen LogP contribution in [0.1, 0.15) is 23.1 Å². The SMILES string of the molecule is CN(C)C(C[C](c1cccc2ccccc12)C(Cc1ccc(-c2cccc(Cl)c2Cl)cc1)N(C)C)Cc1ccccc1. The molecule has 0 aromatic heterocycles. The third-order valence-electron chi connectivity index (χ3n) is 8.31. The van der Waals surface area contributed by atoms with E-state index in [1.165, 1.54) is 33.4 Å². The zero-order chi connectivity index (χ0) is 29.6. The van der Waals surface area contributed by atoms with Gasteiger partial charge in [-0.15, -0.1) is 0 Å². The molecule has 215 valence electrons. The van der Waals surface area contributed by atoms with Crippen LogP contribution in [0.2, 0.25) is 10.0 Å². The lowest BCUT2D eigenvalue weighted by Gasteiger charge is -2.37. The molecule has 5 aromatic rings. The third kappa shape index (κ3) is 7.07. The molecule has 0 bridgehead atoms. The van der Waals surface area contributed by atoms with Crippen LogP contribution in [0.5, 0.6) is 0 Å². The number of likely N-dealkylation sites (N-methyl/N-ethyl adjacent to an activating group) is 2. The Labute approximate surface area is 261 Å². The Morgan fingerprint density at radius 2 is 1.26 bits per heavy atom. The largest absolute Gasteiger partial charge is 0.306 e. The summed E-state index contributed by atoms with van der Waals surface area (Å²) in [6.45, 7) is 0. The van der Waals surface area contributed by atoms with Crippen LogP contribution >= 0.6 is 23.2 Å². The van der Waals surface area contributed by atoms with Crippen LogP contribution in [0.3, 0.4) is 0 Å². The Morgan fingerprint density at radius 3 is 1.98 bits per heavy atom. The van der Waals surface area contributed by atoms with Crippen LogP contribution in [0.25, 0.3) is 21.9 Å². The molecule has 0 spiro atoms. The van der Waals surface area contributed by atoms with Crippen LogP contribution in [-0.2, 0) is 12.8 Å². The van der Waals surface area contributed by atoms with E-state index in [-0.39, 0.29) is 6.04 Å². The van der Waals surface area contributed by atoms with Gasteiger partial charge in [0.05, 0.1) is 10.0 Å². The molecule has 0 fully saturated rings. The quantitative estimate of drug-likeness (QED) is 0.150. The van der Waals surface area contributed by atoms with Crippen molar-refractivity contribution >= 4 is 34.0 Å². The van der Waals surface area contributed by atoms with Crippen molar-refractivity contribution in [1.29, 1.82) is 0 Å². The molecule has 2 atom stereocenters. The molecule has 2 nitrogen and oxygen atoms in total. The van der Waals surface area contributed by atoms with Gasteiger partial charge in [0.2, 0.25) is 0 Å². The Kier molecular flexibility index (Phi) is 10.0. The standard InChI is InChI=1S/C38H39Cl2N2/c1-41(2)31(24-27-12-6-5-7-13-27)26-35(34-18-10-15-29-14-8-9-16-32(29)34)37(42(3)4)25-28-20-22-30(23-21-28)33-17-11-19-36(39)38(33)40/h5-23,31,37H,24-26H2,1-4H3. The average Bonchev–Trinajstić information content (AvgIpc) is 3.00. The van der Waals surface area contributed by atoms with Gasteiger partial charge in [-0.25, -0.2) is 0 Å². The minimum atomic E-state index is 0.217. The van der Waals surface area contributed by atoms with Crippen molar-refractivity contribution in [3.63, 3.8) is 0 Å². The van der Waals surface area contributed by atoms with E-state index in [0.29, 0.717) is 16.1 Å². The molecule has 0 aliphatic heterocycles. The maximum Gasteiger partial charge on any atom is 0.0670 e. The predicted octanol–water partition coefficient (Wildman–Crippen LogP) is 9.47. The van der Waals surface area contributed by atoms with Gasteiger partial charge in [-0.05, 0) is 86.5 Å². The highest BCUT2D eigenvalue weighted by Crippen LogP contribution is 2.36. The highest BCUT2D eigenvalue weighted by Gasteiger charge is 2.31. The first-order valence-corrected chi connectivity index (χ1v) is 15.3. The molecule has 0 aliphatic rings. The van der Waals surface area contributed by atoms with Crippen molar-refractivity contribution in [2.45, 2.75) is 31.3 Å². The van der Waals surface area contributed by atoms with Gasteiger partial charge in [0.15, 0.2) is 0 Å². The minimum absolute atomic E-state index is 0.217. The van der Waals surface area contributed by atoms with Gasteiger partial charge in [-0.3, -0.25) is 0 Å². The number of halogens is 2. The second-order valence-electron chi connectivity index (χ2n) is 11.5. The summed E-state index contributed by atoms with van der Waals surface area (Å²) in [5.41, 5.74) is 6.02. The van der Waals surface area contributed by atoms with E-state index < -0.39 is 0 Å². The van der Waals surface area contributed by atoms with Gasteiger partial charge < -0.3 is 9.80 Å². The highest BCUT2D eigenvalue weighted by atomic mass is 35.5. The summed E-state index contributed by atoms with van der Waals surface area (Å²) in [6, 6.07) is 41.5. The van der Waals surface area contributed by atoms with Crippen molar-refractivity contribution in [3.05, 3.63) is 148 Å². The number of rotatable bonds is 11. The lowest BCUT2D eigenvalue weighted by atomic mass is 9.79. The van der Waals surface area contributed by atoms with Crippen molar-refractivity contribution in [2.24, 2.45) is 0 Å². The molecule has 1 radical (unpaired) electrons. The lowest BCUT2D eigenvalue weighted by Crippen LogP contribution is -2.41.